The summed E-state index contributed by atoms with van der Waals surface area (Å²) in [5, 5.41) is -0.784. The van der Waals surface area contributed by atoms with E-state index in [0.717, 1.165) is 9.87 Å². The highest BCUT2D eigenvalue weighted by Crippen LogP contribution is 2.27. The summed E-state index contributed by atoms with van der Waals surface area (Å²) in [6.45, 7) is 5.22. The number of aryl methyl sites for hydroxylation is 1. The van der Waals surface area contributed by atoms with Gasteiger partial charge in [0.25, 0.3) is 10.0 Å². The maximum atomic E-state index is 13.0. The minimum atomic E-state index is -3.95. The summed E-state index contributed by atoms with van der Waals surface area (Å²) in [4.78, 5) is 11.5. The molecule has 0 saturated carbocycles. The molecule has 0 N–H and O–H groups in total. The second kappa shape index (κ2) is 8.18. The lowest BCUT2D eigenvalue weighted by Crippen LogP contribution is -2.34. The molecule has 7 heteroatoms. The van der Waals surface area contributed by atoms with Crippen LogP contribution in [-0.2, 0) is 14.8 Å². The number of ether oxygens (including phenoxy) is 1. The van der Waals surface area contributed by atoms with E-state index >= 15 is 0 Å². The summed E-state index contributed by atoms with van der Waals surface area (Å²) in [5.74, 6) is 0.462. The van der Waals surface area contributed by atoms with Crippen molar-refractivity contribution < 1.29 is 17.9 Å². The number of halogens is 1. The number of nitrogens with zero attached hydrogens (tertiary/aromatic N) is 1. The van der Waals surface area contributed by atoms with Crippen molar-refractivity contribution in [3.8, 4) is 5.75 Å². The second-order valence-corrected chi connectivity index (χ2v) is 7.56. The van der Waals surface area contributed by atoms with Gasteiger partial charge in [-0.3, -0.25) is 9.10 Å². The van der Waals surface area contributed by atoms with Gasteiger partial charge in [0.15, 0.2) is 0 Å². The third-order valence-electron chi connectivity index (χ3n) is 3.35. The lowest BCUT2D eigenvalue weighted by Gasteiger charge is -2.23. The average molecular weight is 380 g/mol. The summed E-state index contributed by atoms with van der Waals surface area (Å²) in [7, 11) is -3.95. The molecule has 2 aromatic rings. The second-order valence-electron chi connectivity index (χ2n) is 5.28. The minimum Gasteiger partial charge on any atom is -0.489 e. The van der Waals surface area contributed by atoms with Crippen molar-refractivity contribution in [2.45, 2.75) is 11.8 Å². The van der Waals surface area contributed by atoms with Crippen molar-refractivity contribution in [2.75, 3.05) is 17.5 Å². The number of sulfonamides is 1. The fourth-order valence-electron chi connectivity index (χ4n) is 2.15. The van der Waals surface area contributed by atoms with Gasteiger partial charge in [0, 0.05) is 6.07 Å². The minimum absolute atomic E-state index is 0.0772. The Kier molecular flexibility index (Phi) is 6.22. The van der Waals surface area contributed by atoms with Crippen LogP contribution in [0.2, 0.25) is 0 Å². The maximum Gasteiger partial charge on any atom is 0.264 e. The van der Waals surface area contributed by atoms with E-state index in [0.29, 0.717) is 5.75 Å². The lowest BCUT2D eigenvalue weighted by atomic mass is 10.2. The summed E-state index contributed by atoms with van der Waals surface area (Å²) < 4.78 is 32.3. The molecule has 0 unspecified atom stereocenters. The Labute approximate surface area is 152 Å². The molecule has 0 aromatic heterocycles. The fraction of sp³-hybridized carbons (Fsp3) is 0.167. The largest absolute Gasteiger partial charge is 0.489 e. The monoisotopic (exact) mass is 379 g/mol. The first-order valence-corrected chi connectivity index (χ1v) is 9.28. The molecule has 5 nitrogen and oxygen atoms in total. The van der Waals surface area contributed by atoms with Crippen LogP contribution in [0, 0.1) is 6.92 Å². The molecule has 0 aliphatic heterocycles. The molecule has 0 aliphatic carbocycles. The van der Waals surface area contributed by atoms with Gasteiger partial charge in [-0.2, -0.15) is 0 Å². The maximum absolute atomic E-state index is 13.0. The summed E-state index contributed by atoms with van der Waals surface area (Å²) >= 11 is 5.48. The summed E-state index contributed by atoms with van der Waals surface area (Å²) in [5.41, 5.74) is 1.22. The van der Waals surface area contributed by atoms with Gasteiger partial charge in [0.05, 0.1) is 10.6 Å². The fourth-order valence-corrected chi connectivity index (χ4v) is 3.75. The van der Waals surface area contributed by atoms with Crippen LogP contribution in [0.4, 0.5) is 5.69 Å². The van der Waals surface area contributed by atoms with Crippen LogP contribution in [-0.4, -0.2) is 26.8 Å². The van der Waals surface area contributed by atoms with E-state index in [9.17, 15) is 13.2 Å². The van der Waals surface area contributed by atoms with Gasteiger partial charge in [-0.25, -0.2) is 8.42 Å². The van der Waals surface area contributed by atoms with Crippen LogP contribution in [0.15, 0.2) is 66.1 Å². The molecular formula is C18H18ClNO4S. The Hall–Kier alpha value is -2.31. The van der Waals surface area contributed by atoms with Crippen LogP contribution < -0.4 is 9.04 Å². The molecule has 0 bridgehead atoms. The standard InChI is InChI=1S/C18H18ClNO4S/c1-3-11-24-16-6-4-5-15(12-16)20(13-18(19)21)25(22,23)17-9-7-14(2)8-10-17/h3-10,12H,1,11,13H2,2H3. The van der Waals surface area contributed by atoms with Gasteiger partial charge in [-0.05, 0) is 42.8 Å². The molecule has 0 aliphatic rings. The third kappa shape index (κ3) is 4.84. The molecular weight excluding hydrogens is 362 g/mol. The number of hydrogen-bond acceptors (Lipinski definition) is 4. The Balaban J connectivity index is 2.47. The number of anilines is 1. The molecule has 0 saturated heterocycles. The normalized spacial score (nSPS) is 11.0. The van der Waals surface area contributed by atoms with Crippen LogP contribution in [0.3, 0.4) is 0 Å². The van der Waals surface area contributed by atoms with E-state index in [2.05, 4.69) is 6.58 Å². The number of benzene rings is 2. The van der Waals surface area contributed by atoms with E-state index in [1.807, 2.05) is 6.92 Å². The third-order valence-corrected chi connectivity index (χ3v) is 5.26. The SMILES string of the molecule is C=CCOc1cccc(N(CC(=O)Cl)S(=O)(=O)c2ccc(C)cc2)c1. The van der Waals surface area contributed by atoms with Crippen LogP contribution >= 0.6 is 11.6 Å². The summed E-state index contributed by atoms with van der Waals surface area (Å²) in [6, 6.07) is 12.8. The van der Waals surface area contributed by atoms with Gasteiger partial charge in [-0.15, -0.1) is 0 Å². The summed E-state index contributed by atoms with van der Waals surface area (Å²) in [6.07, 6.45) is 1.58. The topological polar surface area (TPSA) is 63.7 Å². The predicted octanol–water partition coefficient (Wildman–Crippen LogP) is 3.52. The van der Waals surface area contributed by atoms with Gasteiger partial charge in [0.1, 0.15) is 18.9 Å². The van der Waals surface area contributed by atoms with E-state index in [1.165, 1.54) is 18.2 Å². The van der Waals surface area contributed by atoms with Crippen LogP contribution in [0.1, 0.15) is 5.56 Å². The Bertz CT molecular complexity index is 863. The average Bonchev–Trinajstić information content (AvgIpc) is 2.58. The van der Waals surface area contributed by atoms with E-state index < -0.39 is 21.8 Å². The van der Waals surface area contributed by atoms with Crippen molar-refractivity contribution in [2.24, 2.45) is 0 Å². The molecule has 0 fully saturated rings. The molecule has 0 radical (unpaired) electrons. The number of carbonyl (C=O) groups is 1. The molecule has 25 heavy (non-hydrogen) atoms. The number of rotatable bonds is 8. The molecule has 0 amide bonds. The van der Waals surface area contributed by atoms with Crippen molar-refractivity contribution >= 4 is 32.6 Å². The molecule has 0 atom stereocenters. The zero-order valence-corrected chi connectivity index (χ0v) is 15.3. The Morgan fingerprint density at radius 2 is 1.92 bits per heavy atom. The van der Waals surface area contributed by atoms with Crippen molar-refractivity contribution in [3.05, 3.63) is 66.7 Å². The predicted molar refractivity (Wildman–Crippen MR) is 98.7 cm³/mol. The Morgan fingerprint density at radius 1 is 1.24 bits per heavy atom. The van der Waals surface area contributed by atoms with Crippen LogP contribution in [0.25, 0.3) is 0 Å². The van der Waals surface area contributed by atoms with Crippen molar-refractivity contribution in [1.29, 1.82) is 0 Å². The zero-order valence-electron chi connectivity index (χ0n) is 13.7. The first kappa shape index (κ1) is 19.0. The molecule has 0 heterocycles. The molecule has 132 valence electrons. The van der Waals surface area contributed by atoms with Gasteiger partial charge in [-0.1, -0.05) is 36.4 Å². The van der Waals surface area contributed by atoms with Gasteiger partial charge >= 0.3 is 0 Å². The number of hydrogen-bond donors (Lipinski definition) is 0. The highest BCUT2D eigenvalue weighted by Gasteiger charge is 2.27. The molecule has 2 aromatic carbocycles. The van der Waals surface area contributed by atoms with E-state index in [-0.39, 0.29) is 17.2 Å². The highest BCUT2D eigenvalue weighted by molar-refractivity contribution is 7.92. The van der Waals surface area contributed by atoms with Crippen molar-refractivity contribution in [1.82, 2.24) is 0 Å². The van der Waals surface area contributed by atoms with Crippen LogP contribution in [0.5, 0.6) is 5.75 Å². The van der Waals surface area contributed by atoms with Crippen molar-refractivity contribution in [3.63, 3.8) is 0 Å². The molecule has 2 rings (SSSR count). The van der Waals surface area contributed by atoms with E-state index in [1.54, 1.807) is 36.4 Å². The van der Waals surface area contributed by atoms with Gasteiger partial charge in [0.2, 0.25) is 5.24 Å². The highest BCUT2D eigenvalue weighted by atomic mass is 35.5. The quantitative estimate of drug-likeness (QED) is 0.520. The number of carbonyl (C=O) groups excluding carboxylic acids is 1. The lowest BCUT2D eigenvalue weighted by molar-refractivity contribution is -0.110. The first-order chi connectivity index (χ1) is 11.8. The van der Waals surface area contributed by atoms with E-state index in [4.69, 9.17) is 16.3 Å². The van der Waals surface area contributed by atoms with Gasteiger partial charge < -0.3 is 4.74 Å². The zero-order chi connectivity index (χ0) is 18.4. The smallest absolute Gasteiger partial charge is 0.264 e. The molecule has 0 spiro atoms. The Morgan fingerprint density at radius 3 is 2.52 bits per heavy atom. The first-order valence-electron chi connectivity index (χ1n) is 7.46.